The van der Waals surface area contributed by atoms with Crippen LogP contribution < -0.4 is 14.2 Å². The second-order valence-corrected chi connectivity index (χ2v) is 3.34. The first-order valence-corrected chi connectivity index (χ1v) is 5.13. The van der Waals surface area contributed by atoms with Gasteiger partial charge in [-0.1, -0.05) is 0 Å². The molecule has 2 aromatic rings. The fraction of sp³-hybridized carbons (Fsp3) is 0.154. The van der Waals surface area contributed by atoms with Gasteiger partial charge in [-0.05, 0) is 12.1 Å². The Morgan fingerprint density at radius 2 is 1.53 bits per heavy atom. The van der Waals surface area contributed by atoms with Gasteiger partial charge in [0.15, 0.2) is 0 Å². The van der Waals surface area contributed by atoms with Crippen LogP contribution >= 0.6 is 0 Å². The second-order valence-electron chi connectivity index (χ2n) is 3.34. The Hall–Kier alpha value is -2.23. The van der Waals surface area contributed by atoms with E-state index >= 15 is 0 Å². The van der Waals surface area contributed by atoms with E-state index < -0.39 is 0 Å². The van der Waals surface area contributed by atoms with Crippen molar-refractivity contribution in [3.05, 3.63) is 42.7 Å². The SMILES string of the molecule is COc1cc(OC)cc(Oc2cccnc2)c1. The van der Waals surface area contributed by atoms with E-state index in [9.17, 15) is 0 Å². The summed E-state index contributed by atoms with van der Waals surface area (Å²) < 4.78 is 16.0. The number of methoxy groups -OCH3 is 2. The van der Waals surface area contributed by atoms with E-state index in [0.29, 0.717) is 23.0 Å². The summed E-state index contributed by atoms with van der Waals surface area (Å²) in [6.45, 7) is 0. The van der Waals surface area contributed by atoms with Crippen molar-refractivity contribution in [3.8, 4) is 23.0 Å². The van der Waals surface area contributed by atoms with Crippen LogP contribution in [0.3, 0.4) is 0 Å². The van der Waals surface area contributed by atoms with Crippen LogP contribution in [0.5, 0.6) is 23.0 Å². The molecule has 17 heavy (non-hydrogen) atoms. The summed E-state index contributed by atoms with van der Waals surface area (Å²) in [4.78, 5) is 3.98. The van der Waals surface area contributed by atoms with E-state index in [1.807, 2.05) is 12.1 Å². The maximum atomic E-state index is 5.64. The number of ether oxygens (including phenoxy) is 3. The largest absolute Gasteiger partial charge is 0.496 e. The van der Waals surface area contributed by atoms with E-state index in [-0.39, 0.29) is 0 Å². The smallest absolute Gasteiger partial charge is 0.145 e. The monoisotopic (exact) mass is 231 g/mol. The van der Waals surface area contributed by atoms with Crippen LogP contribution in [0.2, 0.25) is 0 Å². The molecule has 2 rings (SSSR count). The maximum absolute atomic E-state index is 5.64. The van der Waals surface area contributed by atoms with Crippen molar-refractivity contribution in [3.63, 3.8) is 0 Å². The van der Waals surface area contributed by atoms with Crippen molar-refractivity contribution in [1.29, 1.82) is 0 Å². The fourth-order valence-corrected chi connectivity index (χ4v) is 1.38. The van der Waals surface area contributed by atoms with Crippen molar-refractivity contribution < 1.29 is 14.2 Å². The van der Waals surface area contributed by atoms with Gasteiger partial charge in [-0.25, -0.2) is 0 Å². The zero-order chi connectivity index (χ0) is 12.1. The highest BCUT2D eigenvalue weighted by molar-refractivity contribution is 5.43. The fourth-order valence-electron chi connectivity index (χ4n) is 1.38. The highest BCUT2D eigenvalue weighted by atomic mass is 16.5. The molecule has 0 saturated heterocycles. The van der Waals surface area contributed by atoms with Gasteiger partial charge in [0.1, 0.15) is 23.0 Å². The average molecular weight is 231 g/mol. The topological polar surface area (TPSA) is 40.6 Å². The molecule has 4 heteroatoms. The van der Waals surface area contributed by atoms with Gasteiger partial charge in [0.2, 0.25) is 0 Å². The van der Waals surface area contributed by atoms with Crippen LogP contribution in [0, 0.1) is 0 Å². The van der Waals surface area contributed by atoms with E-state index in [4.69, 9.17) is 14.2 Å². The molecule has 1 heterocycles. The maximum Gasteiger partial charge on any atom is 0.145 e. The van der Waals surface area contributed by atoms with Gasteiger partial charge in [-0.2, -0.15) is 0 Å². The molecule has 0 aliphatic rings. The van der Waals surface area contributed by atoms with Gasteiger partial charge < -0.3 is 14.2 Å². The van der Waals surface area contributed by atoms with E-state index in [1.54, 1.807) is 44.8 Å². The third kappa shape index (κ3) is 2.87. The molecule has 1 aromatic heterocycles. The Labute approximate surface area is 99.8 Å². The number of rotatable bonds is 4. The van der Waals surface area contributed by atoms with E-state index in [2.05, 4.69) is 4.98 Å². The molecule has 0 amide bonds. The van der Waals surface area contributed by atoms with Gasteiger partial charge >= 0.3 is 0 Å². The Morgan fingerprint density at radius 1 is 0.882 bits per heavy atom. The van der Waals surface area contributed by atoms with Crippen molar-refractivity contribution in [2.45, 2.75) is 0 Å². The normalized spacial score (nSPS) is 9.76. The zero-order valence-corrected chi connectivity index (χ0v) is 9.71. The molecule has 0 aliphatic heterocycles. The highest BCUT2D eigenvalue weighted by Gasteiger charge is 2.03. The molecule has 0 N–H and O–H groups in total. The van der Waals surface area contributed by atoms with Crippen molar-refractivity contribution in [1.82, 2.24) is 4.98 Å². The molecule has 0 spiro atoms. The number of pyridine rings is 1. The van der Waals surface area contributed by atoms with E-state index in [0.717, 1.165) is 0 Å². The first kappa shape index (κ1) is 11.3. The molecule has 0 bridgehead atoms. The lowest BCUT2D eigenvalue weighted by Crippen LogP contribution is -1.90. The van der Waals surface area contributed by atoms with Gasteiger partial charge in [0.25, 0.3) is 0 Å². The van der Waals surface area contributed by atoms with Gasteiger partial charge in [0, 0.05) is 24.4 Å². The number of aromatic nitrogens is 1. The molecule has 0 radical (unpaired) electrons. The first-order valence-electron chi connectivity index (χ1n) is 5.13. The molecule has 1 aromatic carbocycles. The Morgan fingerprint density at radius 3 is 2.06 bits per heavy atom. The first-order chi connectivity index (χ1) is 8.31. The van der Waals surface area contributed by atoms with Crippen LogP contribution in [-0.4, -0.2) is 19.2 Å². The van der Waals surface area contributed by atoms with Crippen LogP contribution in [0.15, 0.2) is 42.7 Å². The minimum atomic E-state index is 0.647. The Kier molecular flexibility index (Phi) is 3.45. The summed E-state index contributed by atoms with van der Waals surface area (Å²) in [6.07, 6.45) is 3.34. The molecular formula is C13H13NO3. The van der Waals surface area contributed by atoms with Crippen LogP contribution in [0.4, 0.5) is 0 Å². The average Bonchev–Trinajstić information content (AvgIpc) is 2.39. The summed E-state index contributed by atoms with van der Waals surface area (Å²) in [5.74, 6) is 2.68. The number of nitrogens with zero attached hydrogens (tertiary/aromatic N) is 1. The quantitative estimate of drug-likeness (QED) is 0.811. The van der Waals surface area contributed by atoms with Crippen molar-refractivity contribution in [2.75, 3.05) is 14.2 Å². The summed E-state index contributed by atoms with van der Waals surface area (Å²) in [5, 5.41) is 0. The lowest BCUT2D eigenvalue weighted by Gasteiger charge is -2.09. The lowest BCUT2D eigenvalue weighted by atomic mass is 10.3. The summed E-state index contributed by atoms with van der Waals surface area (Å²) >= 11 is 0. The molecule has 0 unspecified atom stereocenters. The predicted octanol–water partition coefficient (Wildman–Crippen LogP) is 2.89. The predicted molar refractivity (Wildman–Crippen MR) is 63.9 cm³/mol. The molecule has 0 aliphatic carbocycles. The summed E-state index contributed by atoms with van der Waals surface area (Å²) in [6, 6.07) is 9.01. The number of hydrogen-bond donors (Lipinski definition) is 0. The van der Waals surface area contributed by atoms with E-state index in [1.165, 1.54) is 0 Å². The third-order valence-electron chi connectivity index (χ3n) is 2.20. The standard InChI is InChI=1S/C13H13NO3/c1-15-11-6-12(16-2)8-13(7-11)17-10-4-3-5-14-9-10/h3-9H,1-2H3. The Bertz CT molecular complexity index is 463. The lowest BCUT2D eigenvalue weighted by molar-refractivity contribution is 0.386. The van der Waals surface area contributed by atoms with Crippen LogP contribution in [0.1, 0.15) is 0 Å². The molecule has 88 valence electrons. The molecular weight excluding hydrogens is 218 g/mol. The van der Waals surface area contributed by atoms with Gasteiger partial charge in [0.05, 0.1) is 20.4 Å². The van der Waals surface area contributed by atoms with Gasteiger partial charge in [-0.15, -0.1) is 0 Å². The molecule has 0 fully saturated rings. The minimum Gasteiger partial charge on any atom is -0.496 e. The zero-order valence-electron chi connectivity index (χ0n) is 9.71. The molecule has 0 atom stereocenters. The molecule has 4 nitrogen and oxygen atoms in total. The van der Waals surface area contributed by atoms with Crippen LogP contribution in [0.25, 0.3) is 0 Å². The van der Waals surface area contributed by atoms with Crippen molar-refractivity contribution in [2.24, 2.45) is 0 Å². The van der Waals surface area contributed by atoms with Gasteiger partial charge in [-0.3, -0.25) is 4.98 Å². The Balaban J connectivity index is 2.26. The third-order valence-corrected chi connectivity index (χ3v) is 2.20. The number of hydrogen-bond acceptors (Lipinski definition) is 4. The second kappa shape index (κ2) is 5.21. The number of benzene rings is 1. The van der Waals surface area contributed by atoms with Crippen LogP contribution in [-0.2, 0) is 0 Å². The highest BCUT2D eigenvalue weighted by Crippen LogP contribution is 2.30. The summed E-state index contributed by atoms with van der Waals surface area (Å²) in [7, 11) is 3.20. The summed E-state index contributed by atoms with van der Waals surface area (Å²) in [5.41, 5.74) is 0. The van der Waals surface area contributed by atoms with Crippen molar-refractivity contribution >= 4 is 0 Å². The minimum absolute atomic E-state index is 0.647. The molecule has 0 saturated carbocycles.